The van der Waals surface area contributed by atoms with Crippen molar-refractivity contribution in [3.05, 3.63) is 34.1 Å². The van der Waals surface area contributed by atoms with E-state index in [2.05, 4.69) is 5.32 Å². The van der Waals surface area contributed by atoms with Crippen LogP contribution in [0.2, 0.25) is 0 Å². The van der Waals surface area contributed by atoms with Gasteiger partial charge in [0.1, 0.15) is 5.82 Å². The van der Waals surface area contributed by atoms with Crippen LogP contribution in [0, 0.1) is 15.9 Å². The number of amides is 1. The van der Waals surface area contributed by atoms with E-state index in [1.165, 1.54) is 0 Å². The van der Waals surface area contributed by atoms with Crippen LogP contribution in [0.1, 0.15) is 12.8 Å². The zero-order valence-corrected chi connectivity index (χ0v) is 10.2. The highest BCUT2D eigenvalue weighted by Crippen LogP contribution is 2.21. The molecule has 0 saturated carbocycles. The number of carboxylic acid groups (broad SMARTS) is 1. The van der Waals surface area contributed by atoms with Crippen LogP contribution in [0.15, 0.2) is 18.2 Å². The highest BCUT2D eigenvalue weighted by Gasteiger charge is 2.18. The predicted molar refractivity (Wildman–Crippen MR) is 66.5 cm³/mol. The molecule has 1 aromatic carbocycles. The van der Waals surface area contributed by atoms with Gasteiger partial charge in [-0.05, 0) is 12.5 Å². The van der Waals surface area contributed by atoms with Gasteiger partial charge in [-0.2, -0.15) is 0 Å². The van der Waals surface area contributed by atoms with Crippen LogP contribution in [0.5, 0.6) is 0 Å². The van der Waals surface area contributed by atoms with Crippen LogP contribution in [-0.4, -0.2) is 27.9 Å². The summed E-state index contributed by atoms with van der Waals surface area (Å²) in [5.74, 6) is -2.78. The summed E-state index contributed by atoms with van der Waals surface area (Å²) in [5.41, 5.74) is 4.66. The van der Waals surface area contributed by atoms with Crippen molar-refractivity contribution < 1.29 is 24.0 Å². The molecule has 0 bridgehead atoms. The fourth-order valence-electron chi connectivity index (χ4n) is 1.36. The number of nitro groups is 1. The first-order valence-corrected chi connectivity index (χ1v) is 5.53. The Hall–Kier alpha value is -2.55. The Morgan fingerprint density at radius 1 is 1.50 bits per heavy atom. The second kappa shape index (κ2) is 6.57. The molecule has 20 heavy (non-hydrogen) atoms. The summed E-state index contributed by atoms with van der Waals surface area (Å²) in [4.78, 5) is 31.7. The molecular weight excluding hydrogens is 273 g/mol. The van der Waals surface area contributed by atoms with Crippen molar-refractivity contribution >= 4 is 23.3 Å². The minimum Gasteiger partial charge on any atom is -0.481 e. The molecule has 108 valence electrons. The standard InChI is InChI=1S/C11H12FN3O5/c12-7-2-1-6(15(19)20)5-9(7)14-11(18)8(13)3-4-10(16)17/h1-2,5,8H,3-4,13H2,(H,14,18)(H,16,17). The molecule has 0 fully saturated rings. The zero-order valence-electron chi connectivity index (χ0n) is 10.2. The summed E-state index contributed by atoms with van der Waals surface area (Å²) < 4.78 is 13.4. The minimum absolute atomic E-state index is 0.127. The fourth-order valence-corrected chi connectivity index (χ4v) is 1.36. The molecule has 0 radical (unpaired) electrons. The summed E-state index contributed by atoms with van der Waals surface area (Å²) in [6, 6.07) is 1.51. The maximum Gasteiger partial charge on any atom is 0.303 e. The van der Waals surface area contributed by atoms with Crippen molar-refractivity contribution in [3.8, 4) is 0 Å². The van der Waals surface area contributed by atoms with E-state index in [9.17, 15) is 24.1 Å². The number of nitrogens with one attached hydrogen (secondary N) is 1. The van der Waals surface area contributed by atoms with Gasteiger partial charge in [-0.1, -0.05) is 0 Å². The molecule has 1 unspecified atom stereocenters. The van der Waals surface area contributed by atoms with E-state index < -0.39 is 28.7 Å². The second-order valence-electron chi connectivity index (χ2n) is 3.95. The van der Waals surface area contributed by atoms with Crippen molar-refractivity contribution in [2.45, 2.75) is 18.9 Å². The molecule has 1 aromatic rings. The van der Waals surface area contributed by atoms with Crippen LogP contribution in [0.4, 0.5) is 15.8 Å². The third kappa shape index (κ3) is 4.28. The van der Waals surface area contributed by atoms with Crippen LogP contribution in [-0.2, 0) is 9.59 Å². The lowest BCUT2D eigenvalue weighted by Gasteiger charge is -2.11. The lowest BCUT2D eigenvalue weighted by atomic mass is 10.1. The van der Waals surface area contributed by atoms with E-state index in [1.54, 1.807) is 0 Å². The molecule has 0 aromatic heterocycles. The van der Waals surface area contributed by atoms with Gasteiger partial charge in [0.15, 0.2) is 0 Å². The highest BCUT2D eigenvalue weighted by atomic mass is 19.1. The summed E-state index contributed by atoms with van der Waals surface area (Å²) in [7, 11) is 0. The number of anilines is 1. The average molecular weight is 285 g/mol. The summed E-state index contributed by atoms with van der Waals surface area (Å²) in [6.45, 7) is 0. The van der Waals surface area contributed by atoms with Gasteiger partial charge in [-0.15, -0.1) is 0 Å². The third-order valence-corrected chi connectivity index (χ3v) is 2.42. The fraction of sp³-hybridized carbons (Fsp3) is 0.273. The topological polar surface area (TPSA) is 136 Å². The van der Waals surface area contributed by atoms with E-state index in [4.69, 9.17) is 10.8 Å². The van der Waals surface area contributed by atoms with Gasteiger partial charge < -0.3 is 16.2 Å². The predicted octanol–water partition coefficient (Wildman–Crippen LogP) is 0.864. The molecule has 1 atom stereocenters. The van der Waals surface area contributed by atoms with Crippen molar-refractivity contribution in [1.82, 2.24) is 0 Å². The number of halogens is 1. The maximum atomic E-state index is 13.4. The van der Waals surface area contributed by atoms with E-state index in [0.717, 1.165) is 18.2 Å². The van der Waals surface area contributed by atoms with Crippen molar-refractivity contribution in [2.24, 2.45) is 5.73 Å². The summed E-state index contributed by atoms with van der Waals surface area (Å²) in [6.07, 6.45) is -0.441. The Morgan fingerprint density at radius 2 is 2.15 bits per heavy atom. The minimum atomic E-state index is -1.15. The van der Waals surface area contributed by atoms with E-state index >= 15 is 0 Å². The molecule has 0 spiro atoms. The molecule has 0 aliphatic rings. The number of benzene rings is 1. The van der Waals surface area contributed by atoms with Gasteiger partial charge in [0.05, 0.1) is 16.7 Å². The smallest absolute Gasteiger partial charge is 0.303 e. The lowest BCUT2D eigenvalue weighted by Crippen LogP contribution is -2.36. The zero-order chi connectivity index (χ0) is 15.3. The van der Waals surface area contributed by atoms with Crippen LogP contribution < -0.4 is 11.1 Å². The number of nitro benzene ring substituents is 1. The van der Waals surface area contributed by atoms with Crippen molar-refractivity contribution in [3.63, 3.8) is 0 Å². The molecule has 4 N–H and O–H groups in total. The SMILES string of the molecule is NC(CCC(=O)O)C(=O)Nc1cc([N+](=O)[O-])ccc1F. The van der Waals surface area contributed by atoms with E-state index in [1.807, 2.05) is 0 Å². The first-order valence-electron chi connectivity index (χ1n) is 5.53. The Balaban J connectivity index is 2.77. The first kappa shape index (κ1) is 15.5. The van der Waals surface area contributed by atoms with Gasteiger partial charge in [0, 0.05) is 18.6 Å². The van der Waals surface area contributed by atoms with Gasteiger partial charge >= 0.3 is 5.97 Å². The van der Waals surface area contributed by atoms with Crippen LogP contribution >= 0.6 is 0 Å². The molecule has 1 amide bonds. The summed E-state index contributed by atoms with van der Waals surface area (Å²) in [5, 5.41) is 21.1. The Kier molecular flexibility index (Phi) is 5.09. The number of hydrogen-bond acceptors (Lipinski definition) is 5. The number of nitrogens with zero attached hydrogens (tertiary/aromatic N) is 1. The maximum absolute atomic E-state index is 13.4. The number of carbonyl (C=O) groups excluding carboxylic acids is 1. The lowest BCUT2D eigenvalue weighted by molar-refractivity contribution is -0.384. The van der Waals surface area contributed by atoms with Gasteiger partial charge in [0.25, 0.3) is 5.69 Å². The quantitative estimate of drug-likeness (QED) is 0.524. The summed E-state index contributed by atoms with van der Waals surface area (Å²) >= 11 is 0. The first-order chi connectivity index (χ1) is 9.31. The monoisotopic (exact) mass is 285 g/mol. The number of non-ortho nitro benzene ring substituents is 1. The van der Waals surface area contributed by atoms with Crippen LogP contribution in [0.3, 0.4) is 0 Å². The second-order valence-corrected chi connectivity index (χ2v) is 3.95. The molecule has 0 aliphatic heterocycles. The molecule has 8 nitrogen and oxygen atoms in total. The Labute approximate surface area is 112 Å². The molecule has 1 rings (SSSR count). The highest BCUT2D eigenvalue weighted by molar-refractivity contribution is 5.95. The van der Waals surface area contributed by atoms with Gasteiger partial charge in [0.2, 0.25) is 5.91 Å². The third-order valence-electron chi connectivity index (χ3n) is 2.42. The number of rotatable bonds is 6. The average Bonchev–Trinajstić information content (AvgIpc) is 2.37. The Bertz CT molecular complexity index is 549. The van der Waals surface area contributed by atoms with Crippen molar-refractivity contribution in [2.75, 3.05) is 5.32 Å². The molecule has 0 saturated heterocycles. The number of carboxylic acids is 1. The van der Waals surface area contributed by atoms with E-state index in [-0.39, 0.29) is 24.2 Å². The molecule has 9 heteroatoms. The number of carbonyl (C=O) groups is 2. The molecule has 0 aliphatic carbocycles. The van der Waals surface area contributed by atoms with Crippen molar-refractivity contribution in [1.29, 1.82) is 0 Å². The number of hydrogen-bond donors (Lipinski definition) is 3. The molecular formula is C11H12FN3O5. The number of nitrogens with two attached hydrogens (primary N) is 1. The molecule has 0 heterocycles. The van der Waals surface area contributed by atoms with E-state index in [0.29, 0.717) is 0 Å². The van der Waals surface area contributed by atoms with Gasteiger partial charge in [-0.25, -0.2) is 4.39 Å². The number of aliphatic carboxylic acids is 1. The normalized spacial score (nSPS) is 11.7. The largest absolute Gasteiger partial charge is 0.481 e. The van der Waals surface area contributed by atoms with Crippen LogP contribution in [0.25, 0.3) is 0 Å². The Morgan fingerprint density at radius 3 is 2.70 bits per heavy atom. The van der Waals surface area contributed by atoms with Gasteiger partial charge in [-0.3, -0.25) is 19.7 Å².